The van der Waals surface area contributed by atoms with E-state index >= 15 is 0 Å². The van der Waals surface area contributed by atoms with Gasteiger partial charge in [0.25, 0.3) is 0 Å². The molecule has 4 heteroatoms. The zero-order valence-corrected chi connectivity index (χ0v) is 9.22. The fraction of sp³-hybridized carbons (Fsp3) is 0.273. The van der Waals surface area contributed by atoms with Crippen molar-refractivity contribution in [3.63, 3.8) is 0 Å². The third-order valence-corrected chi connectivity index (χ3v) is 1.97. The Hall–Kier alpha value is -1.06. The molecule has 2 N–H and O–H groups in total. The number of hydrogen-bond donors (Lipinski definition) is 1. The van der Waals surface area contributed by atoms with Crippen LogP contribution in [0, 0.1) is 5.82 Å². The molecule has 1 atom stereocenters. The van der Waals surface area contributed by atoms with Crippen LogP contribution in [0.2, 0.25) is 0 Å². The molecule has 82 valence electrons. The minimum absolute atomic E-state index is 0.165. The molecule has 15 heavy (non-hydrogen) atoms. The lowest BCUT2D eigenvalue weighted by atomic mass is 10.1. The van der Waals surface area contributed by atoms with Crippen LogP contribution in [0.3, 0.4) is 0 Å². The van der Waals surface area contributed by atoms with Gasteiger partial charge < -0.3 is 10.5 Å². The summed E-state index contributed by atoms with van der Waals surface area (Å²) < 4.78 is 18.6. The molecule has 1 aromatic rings. The van der Waals surface area contributed by atoms with E-state index in [9.17, 15) is 4.39 Å². The number of nitrogens with two attached hydrogens (primary N) is 1. The highest BCUT2D eigenvalue weighted by atomic mass is 35.5. The first kappa shape index (κ1) is 12.0. The van der Waals surface area contributed by atoms with Gasteiger partial charge in [-0.1, -0.05) is 24.2 Å². The van der Waals surface area contributed by atoms with Crippen LogP contribution in [-0.2, 0) is 0 Å². The summed E-state index contributed by atoms with van der Waals surface area (Å²) in [6, 6.07) is 4.22. The number of ether oxygens (including phenoxy) is 1. The number of rotatable bonds is 4. The first-order chi connectivity index (χ1) is 7.00. The Labute approximate surface area is 93.5 Å². The fourth-order valence-electron chi connectivity index (χ4n) is 1.13. The molecule has 2 nitrogen and oxygen atoms in total. The maximum Gasteiger partial charge on any atom is 0.131 e. The molecular formula is C11H13ClFNO. The molecule has 0 spiro atoms. The maximum absolute atomic E-state index is 13.4. The second-order valence-electron chi connectivity index (χ2n) is 3.28. The van der Waals surface area contributed by atoms with E-state index in [-0.39, 0.29) is 18.5 Å². The largest absolute Gasteiger partial charge is 0.488 e. The molecule has 0 fully saturated rings. The van der Waals surface area contributed by atoms with E-state index in [0.717, 1.165) is 0 Å². The third-order valence-electron chi connectivity index (χ3n) is 1.86. The SMILES string of the molecule is C=C(Cl)COc1ccc([C@H](C)N)c(F)c1. The van der Waals surface area contributed by atoms with Crippen LogP contribution < -0.4 is 10.5 Å². The average Bonchev–Trinajstić information content (AvgIpc) is 2.14. The standard InChI is InChI=1S/C11H13ClFNO/c1-7(12)6-15-9-3-4-10(8(2)14)11(13)5-9/h3-5,8H,1,6,14H2,2H3/t8-/m0/s1. The van der Waals surface area contributed by atoms with Crippen molar-refractivity contribution in [3.05, 3.63) is 41.2 Å². The number of benzene rings is 1. The summed E-state index contributed by atoms with van der Waals surface area (Å²) in [5.74, 6) is 0.0429. The Bertz CT molecular complexity index is 366. The molecule has 0 radical (unpaired) electrons. The van der Waals surface area contributed by atoms with Crippen molar-refractivity contribution in [2.24, 2.45) is 5.73 Å². The molecule has 0 aliphatic heterocycles. The van der Waals surface area contributed by atoms with Crippen LogP contribution in [0.5, 0.6) is 5.75 Å². The normalized spacial score (nSPS) is 12.3. The Kier molecular flexibility index (Phi) is 4.12. The summed E-state index contributed by atoms with van der Waals surface area (Å²) in [6.07, 6.45) is 0. The van der Waals surface area contributed by atoms with E-state index in [1.165, 1.54) is 6.07 Å². The van der Waals surface area contributed by atoms with Gasteiger partial charge in [-0.05, 0) is 13.0 Å². The van der Waals surface area contributed by atoms with Crippen molar-refractivity contribution in [3.8, 4) is 5.75 Å². The second kappa shape index (κ2) is 5.14. The molecule has 0 aliphatic carbocycles. The molecule has 0 bridgehead atoms. The van der Waals surface area contributed by atoms with Crippen molar-refractivity contribution in [1.82, 2.24) is 0 Å². The van der Waals surface area contributed by atoms with Crippen molar-refractivity contribution < 1.29 is 9.13 Å². The molecule has 0 aliphatic rings. The summed E-state index contributed by atoms with van der Waals surface area (Å²) in [6.45, 7) is 5.35. The van der Waals surface area contributed by atoms with Crippen molar-refractivity contribution in [2.75, 3.05) is 6.61 Å². The lowest BCUT2D eigenvalue weighted by Gasteiger charge is -2.09. The monoisotopic (exact) mass is 229 g/mol. The Morgan fingerprint density at radius 1 is 1.67 bits per heavy atom. The van der Waals surface area contributed by atoms with Gasteiger partial charge in [0.15, 0.2) is 0 Å². The average molecular weight is 230 g/mol. The van der Waals surface area contributed by atoms with Gasteiger partial charge in [-0.3, -0.25) is 0 Å². The minimum Gasteiger partial charge on any atom is -0.488 e. The Morgan fingerprint density at radius 3 is 2.80 bits per heavy atom. The molecule has 0 saturated carbocycles. The highest BCUT2D eigenvalue weighted by Crippen LogP contribution is 2.21. The van der Waals surface area contributed by atoms with Crippen LogP contribution in [0.4, 0.5) is 4.39 Å². The van der Waals surface area contributed by atoms with Crippen LogP contribution in [0.1, 0.15) is 18.5 Å². The molecule has 0 saturated heterocycles. The summed E-state index contributed by atoms with van der Waals surface area (Å²) in [5.41, 5.74) is 6.04. The van der Waals surface area contributed by atoms with Crippen LogP contribution in [-0.4, -0.2) is 6.61 Å². The zero-order valence-electron chi connectivity index (χ0n) is 8.47. The topological polar surface area (TPSA) is 35.2 Å². The smallest absolute Gasteiger partial charge is 0.131 e. The molecule has 0 heterocycles. The van der Waals surface area contributed by atoms with E-state index in [2.05, 4.69) is 6.58 Å². The quantitative estimate of drug-likeness (QED) is 0.862. The molecule has 0 unspecified atom stereocenters. The number of hydrogen-bond acceptors (Lipinski definition) is 2. The Balaban J connectivity index is 2.77. The zero-order chi connectivity index (χ0) is 11.4. The predicted octanol–water partition coefficient (Wildman–Crippen LogP) is 2.98. The van der Waals surface area contributed by atoms with Gasteiger partial charge in [0.2, 0.25) is 0 Å². The van der Waals surface area contributed by atoms with Gasteiger partial charge in [-0.25, -0.2) is 4.39 Å². The molecule has 1 rings (SSSR count). The fourth-order valence-corrected chi connectivity index (χ4v) is 1.18. The van der Waals surface area contributed by atoms with Gasteiger partial charge in [0.05, 0.1) is 0 Å². The highest BCUT2D eigenvalue weighted by Gasteiger charge is 2.07. The molecule has 0 aromatic heterocycles. The van der Waals surface area contributed by atoms with Crippen molar-refractivity contribution >= 4 is 11.6 Å². The summed E-state index contributed by atoms with van der Waals surface area (Å²) >= 11 is 5.52. The van der Waals surface area contributed by atoms with Crippen molar-refractivity contribution in [2.45, 2.75) is 13.0 Å². The third kappa shape index (κ3) is 3.53. The van der Waals surface area contributed by atoms with Gasteiger partial charge >= 0.3 is 0 Å². The first-order valence-corrected chi connectivity index (χ1v) is 4.89. The number of halogens is 2. The Morgan fingerprint density at radius 2 is 2.33 bits per heavy atom. The van der Waals surface area contributed by atoms with E-state index in [1.807, 2.05) is 0 Å². The van der Waals surface area contributed by atoms with Crippen LogP contribution in [0.15, 0.2) is 29.8 Å². The summed E-state index contributed by atoms with van der Waals surface area (Å²) in [5, 5.41) is 0.367. The lowest BCUT2D eigenvalue weighted by molar-refractivity contribution is 0.356. The van der Waals surface area contributed by atoms with E-state index in [1.54, 1.807) is 19.1 Å². The molecule has 0 amide bonds. The molecule has 1 aromatic carbocycles. The van der Waals surface area contributed by atoms with Gasteiger partial charge in [0, 0.05) is 22.7 Å². The minimum atomic E-state index is -0.373. The lowest BCUT2D eigenvalue weighted by Crippen LogP contribution is -2.07. The second-order valence-corrected chi connectivity index (χ2v) is 3.81. The first-order valence-electron chi connectivity index (χ1n) is 4.52. The van der Waals surface area contributed by atoms with E-state index < -0.39 is 0 Å². The van der Waals surface area contributed by atoms with Crippen LogP contribution >= 0.6 is 11.6 Å². The predicted molar refractivity (Wildman–Crippen MR) is 59.5 cm³/mol. The maximum atomic E-state index is 13.4. The van der Waals surface area contributed by atoms with Crippen LogP contribution in [0.25, 0.3) is 0 Å². The van der Waals surface area contributed by atoms with Gasteiger partial charge in [0.1, 0.15) is 18.2 Å². The molecular weight excluding hydrogens is 217 g/mol. The summed E-state index contributed by atoms with van der Waals surface area (Å²) in [7, 11) is 0. The van der Waals surface area contributed by atoms with Gasteiger partial charge in [-0.2, -0.15) is 0 Å². The van der Waals surface area contributed by atoms with Gasteiger partial charge in [-0.15, -0.1) is 0 Å². The van der Waals surface area contributed by atoms with E-state index in [4.69, 9.17) is 22.1 Å². The highest BCUT2D eigenvalue weighted by molar-refractivity contribution is 6.29. The van der Waals surface area contributed by atoms with E-state index in [0.29, 0.717) is 16.3 Å². The summed E-state index contributed by atoms with van der Waals surface area (Å²) in [4.78, 5) is 0. The van der Waals surface area contributed by atoms with Crippen molar-refractivity contribution in [1.29, 1.82) is 0 Å².